The lowest BCUT2D eigenvalue weighted by molar-refractivity contribution is 0.0953. The summed E-state index contributed by atoms with van der Waals surface area (Å²) in [5.41, 5.74) is 0.667. The molecule has 0 radical (unpaired) electrons. The number of hydrogen-bond acceptors (Lipinski definition) is 2. The van der Waals surface area contributed by atoms with Crippen molar-refractivity contribution in [3.63, 3.8) is 0 Å². The maximum Gasteiger partial charge on any atom is 0.251 e. The lowest BCUT2D eigenvalue weighted by Gasteiger charge is -2.12. The Bertz CT molecular complexity index is 505. The number of guanidine groups is 1. The van der Waals surface area contributed by atoms with Crippen LogP contribution in [-0.4, -0.2) is 38.5 Å². The molecule has 0 aliphatic heterocycles. The smallest absolute Gasteiger partial charge is 0.251 e. The molecule has 0 aliphatic rings. The topological polar surface area (TPSA) is 65.5 Å². The van der Waals surface area contributed by atoms with Crippen LogP contribution in [0.4, 0.5) is 0 Å². The lowest BCUT2D eigenvalue weighted by Crippen LogP contribution is -2.39. The summed E-state index contributed by atoms with van der Waals surface area (Å²) in [4.78, 5) is 16.1. The van der Waals surface area contributed by atoms with Gasteiger partial charge in [-0.1, -0.05) is 41.8 Å². The van der Waals surface area contributed by atoms with Crippen molar-refractivity contribution in [2.24, 2.45) is 4.99 Å². The van der Waals surface area contributed by atoms with Crippen LogP contribution in [0, 0.1) is 0 Å². The number of halogens is 1. The van der Waals surface area contributed by atoms with Gasteiger partial charge in [-0.3, -0.25) is 9.79 Å². The van der Waals surface area contributed by atoms with E-state index >= 15 is 0 Å². The van der Waals surface area contributed by atoms with Crippen molar-refractivity contribution >= 4 is 27.8 Å². The third-order valence-corrected chi connectivity index (χ3v) is 3.81. The third-order valence-electron chi connectivity index (χ3n) is 3.31. The Balaban J connectivity index is 2.15. The van der Waals surface area contributed by atoms with Gasteiger partial charge in [-0.15, -0.1) is 0 Å². The Morgan fingerprint density at radius 2 is 1.78 bits per heavy atom. The highest BCUT2D eigenvalue weighted by molar-refractivity contribution is 9.10. The largest absolute Gasteiger partial charge is 0.356 e. The van der Waals surface area contributed by atoms with Gasteiger partial charge in [0.15, 0.2) is 5.96 Å². The fourth-order valence-corrected chi connectivity index (χ4v) is 2.43. The molecule has 0 saturated carbocycles. The molecule has 0 spiro atoms. The molecule has 6 heteroatoms. The molecule has 0 saturated heterocycles. The molecule has 128 valence electrons. The summed E-state index contributed by atoms with van der Waals surface area (Å²) in [5, 5.41) is 9.45. The zero-order chi connectivity index (χ0) is 16.9. The van der Waals surface area contributed by atoms with Crippen molar-refractivity contribution in [2.75, 3.05) is 26.7 Å². The molecule has 0 aliphatic carbocycles. The quantitative estimate of drug-likeness (QED) is 0.349. The Labute approximate surface area is 147 Å². The Kier molecular flexibility index (Phi) is 10.1. The van der Waals surface area contributed by atoms with Gasteiger partial charge in [-0.25, -0.2) is 0 Å². The van der Waals surface area contributed by atoms with E-state index in [4.69, 9.17) is 0 Å². The number of benzene rings is 1. The molecule has 5 nitrogen and oxygen atoms in total. The zero-order valence-electron chi connectivity index (χ0n) is 14.0. The average molecular weight is 383 g/mol. The first-order chi connectivity index (χ1) is 11.2. The molecule has 1 rings (SSSR count). The molecule has 1 amide bonds. The molecular weight excluding hydrogens is 356 g/mol. The molecule has 3 N–H and O–H groups in total. The molecule has 0 heterocycles. The van der Waals surface area contributed by atoms with Gasteiger partial charge in [0.05, 0.1) is 0 Å². The number of carbonyl (C=O) groups is 1. The number of nitrogens with zero attached hydrogens (tertiary/aromatic N) is 1. The van der Waals surface area contributed by atoms with Crippen LogP contribution in [0.1, 0.15) is 43.0 Å². The van der Waals surface area contributed by atoms with E-state index in [0.717, 1.165) is 36.4 Å². The normalized spacial score (nSPS) is 11.2. The second kappa shape index (κ2) is 11.9. The maximum absolute atomic E-state index is 12.0. The summed E-state index contributed by atoms with van der Waals surface area (Å²) in [6, 6.07) is 7.38. The highest BCUT2D eigenvalue weighted by atomic mass is 79.9. The van der Waals surface area contributed by atoms with Gasteiger partial charge in [0.2, 0.25) is 0 Å². The SMILES string of the molecule is CCCCCNC(=NC)NCCCNC(=O)c1cccc(Br)c1. The van der Waals surface area contributed by atoms with E-state index in [9.17, 15) is 4.79 Å². The molecule has 0 bridgehead atoms. The van der Waals surface area contributed by atoms with E-state index in [2.05, 4.69) is 43.8 Å². The minimum Gasteiger partial charge on any atom is -0.356 e. The maximum atomic E-state index is 12.0. The van der Waals surface area contributed by atoms with E-state index in [1.54, 1.807) is 13.1 Å². The van der Waals surface area contributed by atoms with Crippen molar-refractivity contribution in [1.29, 1.82) is 0 Å². The van der Waals surface area contributed by atoms with Crippen LogP contribution in [-0.2, 0) is 0 Å². The number of hydrogen-bond donors (Lipinski definition) is 3. The summed E-state index contributed by atoms with van der Waals surface area (Å²) in [6.07, 6.45) is 4.44. The number of aliphatic imine (C=N–C) groups is 1. The lowest BCUT2D eigenvalue weighted by atomic mass is 10.2. The van der Waals surface area contributed by atoms with Crippen LogP contribution >= 0.6 is 15.9 Å². The summed E-state index contributed by atoms with van der Waals surface area (Å²) < 4.78 is 0.907. The molecule has 23 heavy (non-hydrogen) atoms. The van der Waals surface area contributed by atoms with Gasteiger partial charge in [0, 0.05) is 36.7 Å². The van der Waals surface area contributed by atoms with Crippen LogP contribution in [0.15, 0.2) is 33.7 Å². The number of carbonyl (C=O) groups excluding carboxylic acids is 1. The third kappa shape index (κ3) is 8.59. The molecule has 0 unspecified atom stereocenters. The van der Waals surface area contributed by atoms with Gasteiger partial charge in [-0.05, 0) is 31.0 Å². The fourth-order valence-electron chi connectivity index (χ4n) is 2.03. The molecule has 0 fully saturated rings. The van der Waals surface area contributed by atoms with Gasteiger partial charge >= 0.3 is 0 Å². The first-order valence-electron chi connectivity index (χ1n) is 8.15. The highest BCUT2D eigenvalue weighted by Crippen LogP contribution is 2.11. The summed E-state index contributed by atoms with van der Waals surface area (Å²) in [6.45, 7) is 4.53. The Morgan fingerprint density at radius 3 is 2.43 bits per heavy atom. The predicted molar refractivity (Wildman–Crippen MR) is 100.0 cm³/mol. The van der Waals surface area contributed by atoms with Crippen molar-refractivity contribution in [3.8, 4) is 0 Å². The van der Waals surface area contributed by atoms with Gasteiger partial charge in [-0.2, -0.15) is 0 Å². The van der Waals surface area contributed by atoms with Crippen LogP contribution in [0.25, 0.3) is 0 Å². The van der Waals surface area contributed by atoms with Crippen LogP contribution in [0.5, 0.6) is 0 Å². The van der Waals surface area contributed by atoms with E-state index in [-0.39, 0.29) is 5.91 Å². The van der Waals surface area contributed by atoms with E-state index in [1.807, 2.05) is 18.2 Å². The molecule has 0 atom stereocenters. The molecular formula is C17H27BrN4O. The molecule has 0 aromatic heterocycles. The van der Waals surface area contributed by atoms with Crippen molar-refractivity contribution in [3.05, 3.63) is 34.3 Å². The first-order valence-corrected chi connectivity index (χ1v) is 8.95. The Morgan fingerprint density at radius 1 is 1.09 bits per heavy atom. The zero-order valence-corrected chi connectivity index (χ0v) is 15.6. The molecule has 1 aromatic carbocycles. The van der Waals surface area contributed by atoms with E-state index in [1.165, 1.54) is 12.8 Å². The number of rotatable bonds is 9. The van der Waals surface area contributed by atoms with E-state index in [0.29, 0.717) is 12.1 Å². The first kappa shape index (κ1) is 19.5. The van der Waals surface area contributed by atoms with Gasteiger partial charge < -0.3 is 16.0 Å². The second-order valence-corrected chi connectivity index (χ2v) is 6.17. The number of amides is 1. The predicted octanol–water partition coefficient (Wildman–Crippen LogP) is 2.92. The van der Waals surface area contributed by atoms with Crippen molar-refractivity contribution in [1.82, 2.24) is 16.0 Å². The standard InChI is InChI=1S/C17H27BrN4O/c1-3-4-5-10-21-17(19-2)22-12-7-11-20-16(23)14-8-6-9-15(18)13-14/h6,8-9,13H,3-5,7,10-12H2,1-2H3,(H,20,23)(H2,19,21,22). The van der Waals surface area contributed by atoms with Gasteiger partial charge in [0.25, 0.3) is 5.91 Å². The number of nitrogens with one attached hydrogen (secondary N) is 3. The summed E-state index contributed by atoms with van der Waals surface area (Å²) in [5.74, 6) is 0.771. The monoisotopic (exact) mass is 382 g/mol. The average Bonchev–Trinajstić information content (AvgIpc) is 2.56. The van der Waals surface area contributed by atoms with Crippen molar-refractivity contribution in [2.45, 2.75) is 32.6 Å². The minimum atomic E-state index is -0.0478. The van der Waals surface area contributed by atoms with E-state index < -0.39 is 0 Å². The van der Waals surface area contributed by atoms with Crippen molar-refractivity contribution < 1.29 is 4.79 Å². The minimum absolute atomic E-state index is 0.0478. The van der Waals surface area contributed by atoms with Crippen LogP contribution < -0.4 is 16.0 Å². The number of unbranched alkanes of at least 4 members (excludes halogenated alkanes) is 2. The fraction of sp³-hybridized carbons (Fsp3) is 0.529. The second-order valence-electron chi connectivity index (χ2n) is 5.25. The van der Waals surface area contributed by atoms with Gasteiger partial charge in [0.1, 0.15) is 0 Å². The Hall–Kier alpha value is -1.56. The van der Waals surface area contributed by atoms with Crippen LogP contribution in [0.2, 0.25) is 0 Å². The summed E-state index contributed by atoms with van der Waals surface area (Å²) in [7, 11) is 1.77. The van der Waals surface area contributed by atoms with Crippen LogP contribution in [0.3, 0.4) is 0 Å². The highest BCUT2D eigenvalue weighted by Gasteiger charge is 2.04. The molecule has 1 aromatic rings. The summed E-state index contributed by atoms with van der Waals surface area (Å²) >= 11 is 3.37.